The maximum absolute atomic E-state index is 12.6. The average molecular weight is 287 g/mol. The summed E-state index contributed by atoms with van der Waals surface area (Å²) in [4.78, 5) is 16.9. The summed E-state index contributed by atoms with van der Waals surface area (Å²) in [6, 6.07) is 8.54. The lowest BCUT2D eigenvalue weighted by Gasteiger charge is -2.39. The summed E-state index contributed by atoms with van der Waals surface area (Å²) in [5.74, 6) is 0.522. The van der Waals surface area contributed by atoms with Crippen LogP contribution in [-0.4, -0.2) is 42.5 Å². The zero-order chi connectivity index (χ0) is 15.0. The summed E-state index contributed by atoms with van der Waals surface area (Å²) in [5.41, 5.74) is 8.12. The van der Waals surface area contributed by atoms with Gasteiger partial charge in [-0.25, -0.2) is 0 Å². The van der Waals surface area contributed by atoms with Gasteiger partial charge in [-0.1, -0.05) is 12.1 Å². The molecule has 1 aromatic carbocycles. The highest BCUT2D eigenvalue weighted by Crippen LogP contribution is 2.39. The van der Waals surface area contributed by atoms with Gasteiger partial charge in [0.1, 0.15) is 0 Å². The number of anilines is 1. The number of rotatable bonds is 3. The molecule has 4 nitrogen and oxygen atoms in total. The Balaban J connectivity index is 1.61. The topological polar surface area (TPSA) is 49.6 Å². The molecule has 0 aromatic heterocycles. The van der Waals surface area contributed by atoms with Crippen LogP contribution in [0.15, 0.2) is 24.3 Å². The molecule has 1 unspecified atom stereocenters. The zero-order valence-corrected chi connectivity index (χ0v) is 13.0. The molecule has 4 heteroatoms. The number of piperazine rings is 1. The first kappa shape index (κ1) is 14.4. The second-order valence-corrected chi connectivity index (χ2v) is 6.68. The van der Waals surface area contributed by atoms with Crippen molar-refractivity contribution in [3.63, 3.8) is 0 Å². The van der Waals surface area contributed by atoms with E-state index in [1.807, 2.05) is 11.8 Å². The van der Waals surface area contributed by atoms with Crippen LogP contribution >= 0.6 is 0 Å². The van der Waals surface area contributed by atoms with Crippen LogP contribution in [0.2, 0.25) is 0 Å². The predicted octanol–water partition coefficient (Wildman–Crippen LogP) is 1.77. The van der Waals surface area contributed by atoms with Crippen LogP contribution in [0.4, 0.5) is 5.69 Å². The molecule has 1 aliphatic carbocycles. The van der Waals surface area contributed by atoms with E-state index in [4.69, 9.17) is 5.73 Å². The normalized spacial score (nSPS) is 22.0. The molecule has 2 N–H and O–H groups in total. The molecule has 1 aliphatic heterocycles. The fraction of sp³-hybridized carbons (Fsp3) is 0.588. The van der Waals surface area contributed by atoms with Crippen LogP contribution in [0.3, 0.4) is 0 Å². The number of nitrogens with two attached hydrogens (primary N) is 1. The van der Waals surface area contributed by atoms with E-state index in [0.717, 1.165) is 39.0 Å². The summed E-state index contributed by atoms with van der Waals surface area (Å²) < 4.78 is 0. The van der Waals surface area contributed by atoms with Crippen LogP contribution in [0.25, 0.3) is 0 Å². The molecular formula is C17H25N3O. The van der Waals surface area contributed by atoms with Crippen LogP contribution in [0.1, 0.15) is 25.3 Å². The summed E-state index contributed by atoms with van der Waals surface area (Å²) in [7, 11) is 0. The molecular weight excluding hydrogens is 262 g/mol. The van der Waals surface area contributed by atoms with Gasteiger partial charge in [0.15, 0.2) is 0 Å². The fourth-order valence-electron chi connectivity index (χ4n) is 3.19. The van der Waals surface area contributed by atoms with Crippen molar-refractivity contribution in [2.75, 3.05) is 31.1 Å². The van der Waals surface area contributed by atoms with Crippen molar-refractivity contribution in [3.8, 4) is 0 Å². The second kappa shape index (κ2) is 5.34. The molecule has 0 bridgehead atoms. The van der Waals surface area contributed by atoms with E-state index in [1.165, 1.54) is 11.3 Å². The van der Waals surface area contributed by atoms with Crippen molar-refractivity contribution < 1.29 is 4.79 Å². The number of hydrogen-bond acceptors (Lipinski definition) is 3. The zero-order valence-electron chi connectivity index (χ0n) is 13.0. The van der Waals surface area contributed by atoms with E-state index in [2.05, 4.69) is 36.1 Å². The third kappa shape index (κ3) is 2.91. The summed E-state index contributed by atoms with van der Waals surface area (Å²) in [6.45, 7) is 7.32. The fourth-order valence-corrected chi connectivity index (χ4v) is 3.19. The molecule has 114 valence electrons. The highest BCUT2D eigenvalue weighted by Gasteiger charge is 2.46. The molecule has 3 rings (SSSR count). The Morgan fingerprint density at radius 2 is 1.90 bits per heavy atom. The summed E-state index contributed by atoms with van der Waals surface area (Å²) in [5, 5.41) is 0. The van der Waals surface area contributed by atoms with Gasteiger partial charge in [-0.2, -0.15) is 0 Å². The molecule has 0 radical (unpaired) electrons. The van der Waals surface area contributed by atoms with Crippen LogP contribution in [0.5, 0.6) is 0 Å². The first-order chi connectivity index (χ1) is 9.98. The number of nitrogens with zero attached hydrogens (tertiary/aromatic N) is 2. The first-order valence-corrected chi connectivity index (χ1v) is 7.88. The predicted molar refractivity (Wildman–Crippen MR) is 85.3 cm³/mol. The van der Waals surface area contributed by atoms with Crippen LogP contribution < -0.4 is 10.6 Å². The van der Waals surface area contributed by atoms with Crippen molar-refractivity contribution in [1.29, 1.82) is 0 Å². The lowest BCUT2D eigenvalue weighted by atomic mass is 9.95. The Bertz CT molecular complexity index is 529. The van der Waals surface area contributed by atoms with Crippen LogP contribution in [-0.2, 0) is 4.79 Å². The van der Waals surface area contributed by atoms with Gasteiger partial charge in [0.25, 0.3) is 0 Å². The smallest absolute Gasteiger partial charge is 0.242 e. The number of hydrogen-bond donors (Lipinski definition) is 1. The molecule has 1 saturated carbocycles. The monoisotopic (exact) mass is 287 g/mol. The van der Waals surface area contributed by atoms with Gasteiger partial charge in [0, 0.05) is 31.9 Å². The van der Waals surface area contributed by atoms with Gasteiger partial charge in [0.05, 0.1) is 5.54 Å². The molecule has 1 amide bonds. The summed E-state index contributed by atoms with van der Waals surface area (Å²) >= 11 is 0. The molecule has 1 saturated heterocycles. The van der Waals surface area contributed by atoms with Crippen LogP contribution in [0, 0.1) is 12.8 Å². The molecule has 2 aliphatic rings. The Labute approximate surface area is 126 Å². The van der Waals surface area contributed by atoms with Crippen molar-refractivity contribution in [1.82, 2.24) is 4.90 Å². The molecule has 1 aromatic rings. The van der Waals surface area contributed by atoms with E-state index < -0.39 is 5.54 Å². The Morgan fingerprint density at radius 3 is 2.48 bits per heavy atom. The third-order valence-electron chi connectivity index (χ3n) is 4.82. The maximum atomic E-state index is 12.6. The number of amides is 1. The van der Waals surface area contributed by atoms with E-state index >= 15 is 0 Å². The number of carbonyl (C=O) groups excluding carboxylic acids is 1. The molecule has 0 spiro atoms. The van der Waals surface area contributed by atoms with E-state index in [9.17, 15) is 4.79 Å². The minimum absolute atomic E-state index is 0.133. The van der Waals surface area contributed by atoms with Gasteiger partial charge < -0.3 is 15.5 Å². The standard InChI is InChI=1S/C17H25N3O/c1-13-4-3-5-15(12-13)19-8-10-20(11-9-19)16(21)17(2,18)14-6-7-14/h3-5,12,14H,6-11,18H2,1-2H3. The van der Waals surface area contributed by atoms with E-state index in [-0.39, 0.29) is 5.91 Å². The van der Waals surface area contributed by atoms with Gasteiger partial charge >= 0.3 is 0 Å². The second-order valence-electron chi connectivity index (χ2n) is 6.68. The minimum atomic E-state index is -0.661. The number of carbonyl (C=O) groups is 1. The lowest BCUT2D eigenvalue weighted by Crippen LogP contribution is -2.59. The van der Waals surface area contributed by atoms with Gasteiger partial charge in [-0.15, -0.1) is 0 Å². The van der Waals surface area contributed by atoms with Crippen molar-refractivity contribution in [2.24, 2.45) is 11.7 Å². The van der Waals surface area contributed by atoms with Gasteiger partial charge in [0.2, 0.25) is 5.91 Å². The van der Waals surface area contributed by atoms with E-state index in [0.29, 0.717) is 5.92 Å². The maximum Gasteiger partial charge on any atom is 0.242 e. The quantitative estimate of drug-likeness (QED) is 0.922. The van der Waals surface area contributed by atoms with E-state index in [1.54, 1.807) is 0 Å². The van der Waals surface area contributed by atoms with Gasteiger partial charge in [-0.05, 0) is 50.3 Å². The molecule has 2 fully saturated rings. The van der Waals surface area contributed by atoms with Crippen molar-refractivity contribution >= 4 is 11.6 Å². The third-order valence-corrected chi connectivity index (χ3v) is 4.82. The van der Waals surface area contributed by atoms with Crippen molar-refractivity contribution in [3.05, 3.63) is 29.8 Å². The Morgan fingerprint density at radius 1 is 1.24 bits per heavy atom. The largest absolute Gasteiger partial charge is 0.368 e. The SMILES string of the molecule is Cc1cccc(N2CCN(C(=O)C(C)(N)C3CC3)CC2)c1. The van der Waals surface area contributed by atoms with Crippen molar-refractivity contribution in [2.45, 2.75) is 32.2 Å². The Hall–Kier alpha value is -1.55. The lowest BCUT2D eigenvalue weighted by molar-refractivity contribution is -0.137. The number of aryl methyl sites for hydroxylation is 1. The summed E-state index contributed by atoms with van der Waals surface area (Å²) in [6.07, 6.45) is 2.20. The highest BCUT2D eigenvalue weighted by atomic mass is 16.2. The Kier molecular flexibility index (Phi) is 3.66. The first-order valence-electron chi connectivity index (χ1n) is 7.88. The molecule has 1 heterocycles. The average Bonchev–Trinajstić information content (AvgIpc) is 3.32. The molecule has 21 heavy (non-hydrogen) atoms. The minimum Gasteiger partial charge on any atom is -0.368 e. The van der Waals surface area contributed by atoms with Gasteiger partial charge in [-0.3, -0.25) is 4.79 Å². The number of benzene rings is 1. The molecule has 1 atom stereocenters. The highest BCUT2D eigenvalue weighted by molar-refractivity contribution is 5.86.